The molecule has 1 heterocycles. The lowest BCUT2D eigenvalue weighted by molar-refractivity contribution is -0.116. The molecule has 1 amide bonds. The fraction of sp³-hybridized carbons (Fsp3) is 0.167. The molecule has 7 heteroatoms. The fourth-order valence-electron chi connectivity index (χ4n) is 2.58. The van der Waals surface area contributed by atoms with E-state index in [-0.39, 0.29) is 24.4 Å². The van der Waals surface area contributed by atoms with Crippen LogP contribution in [-0.2, 0) is 11.3 Å². The number of para-hydroxylation sites is 2. The molecule has 128 valence electrons. The molecule has 3 rings (SSSR count). The van der Waals surface area contributed by atoms with Crippen LogP contribution in [0, 0.1) is 0 Å². The summed E-state index contributed by atoms with van der Waals surface area (Å²) in [5.41, 5.74) is 0.397. The summed E-state index contributed by atoms with van der Waals surface area (Å²) in [7, 11) is 0. The topological polar surface area (TPSA) is 84.0 Å². The van der Waals surface area contributed by atoms with Crippen LogP contribution in [0.4, 0.5) is 5.69 Å². The van der Waals surface area contributed by atoms with Crippen LogP contribution in [0.2, 0.25) is 0 Å². The number of hydrogen-bond donors (Lipinski definition) is 2. The monoisotopic (exact) mass is 401 g/mol. The molecule has 0 radical (unpaired) electrons. The largest absolute Gasteiger partial charge is 0.328 e. The summed E-state index contributed by atoms with van der Waals surface area (Å²) >= 11 is 3.37. The Balaban J connectivity index is 1.67. The third-order valence-corrected chi connectivity index (χ3v) is 4.51. The van der Waals surface area contributed by atoms with Gasteiger partial charge in [0, 0.05) is 17.4 Å². The van der Waals surface area contributed by atoms with Crippen molar-refractivity contribution in [3.63, 3.8) is 0 Å². The smallest absolute Gasteiger partial charge is 0.325 e. The molecule has 6 nitrogen and oxygen atoms in total. The van der Waals surface area contributed by atoms with Crippen molar-refractivity contribution >= 4 is 38.4 Å². The number of aromatic amines is 1. The Morgan fingerprint density at radius 1 is 1.08 bits per heavy atom. The maximum Gasteiger partial charge on any atom is 0.328 e. The molecule has 2 N–H and O–H groups in total. The predicted molar refractivity (Wildman–Crippen MR) is 101 cm³/mol. The van der Waals surface area contributed by atoms with Gasteiger partial charge in [-0.05, 0) is 46.6 Å². The second-order valence-corrected chi connectivity index (χ2v) is 6.42. The molecular weight excluding hydrogens is 386 g/mol. The summed E-state index contributed by atoms with van der Waals surface area (Å²) in [6.07, 6.45) is 0.595. The van der Waals surface area contributed by atoms with Crippen LogP contribution >= 0.6 is 15.9 Å². The highest BCUT2D eigenvalue weighted by Crippen LogP contribution is 2.21. The molecule has 0 bridgehead atoms. The van der Waals surface area contributed by atoms with Crippen molar-refractivity contribution in [3.05, 3.63) is 73.8 Å². The number of hydrogen-bond acceptors (Lipinski definition) is 3. The SMILES string of the molecule is O=C(CCCn1c(=O)[nH]c2ccccc2c1=O)Nc1ccccc1Br. The Hall–Kier alpha value is -2.67. The number of benzene rings is 2. The van der Waals surface area contributed by atoms with Gasteiger partial charge < -0.3 is 10.3 Å². The van der Waals surface area contributed by atoms with E-state index in [4.69, 9.17) is 0 Å². The maximum absolute atomic E-state index is 12.4. The van der Waals surface area contributed by atoms with Gasteiger partial charge in [-0.2, -0.15) is 0 Å². The van der Waals surface area contributed by atoms with Crippen LogP contribution in [-0.4, -0.2) is 15.5 Å². The Kier molecular flexibility index (Phi) is 5.14. The maximum atomic E-state index is 12.4. The van der Waals surface area contributed by atoms with Crippen molar-refractivity contribution in [2.45, 2.75) is 19.4 Å². The van der Waals surface area contributed by atoms with Crippen molar-refractivity contribution in [1.82, 2.24) is 9.55 Å². The van der Waals surface area contributed by atoms with E-state index in [1.807, 2.05) is 18.2 Å². The summed E-state index contributed by atoms with van der Waals surface area (Å²) in [6, 6.07) is 14.2. The zero-order valence-electron chi connectivity index (χ0n) is 13.3. The van der Waals surface area contributed by atoms with Gasteiger partial charge in [0.1, 0.15) is 0 Å². The molecule has 0 unspecified atom stereocenters. The van der Waals surface area contributed by atoms with Gasteiger partial charge in [-0.3, -0.25) is 14.2 Å². The first-order valence-electron chi connectivity index (χ1n) is 7.82. The third kappa shape index (κ3) is 3.88. The van der Waals surface area contributed by atoms with Gasteiger partial charge in [-0.15, -0.1) is 0 Å². The Morgan fingerprint density at radius 3 is 2.60 bits per heavy atom. The molecule has 0 aliphatic rings. The number of fused-ring (bicyclic) bond motifs is 1. The standard InChI is InChI=1S/C18H16BrN3O3/c19-13-7-2-4-9-15(13)20-16(23)10-5-11-22-17(24)12-6-1-3-8-14(12)21-18(22)25/h1-4,6-9H,5,10-11H2,(H,20,23)(H,21,25). The molecule has 25 heavy (non-hydrogen) atoms. The number of anilines is 1. The second kappa shape index (κ2) is 7.48. The molecule has 0 aliphatic heterocycles. The number of carbonyl (C=O) groups is 1. The zero-order valence-corrected chi connectivity index (χ0v) is 14.9. The van der Waals surface area contributed by atoms with Gasteiger partial charge in [0.15, 0.2) is 0 Å². The molecule has 0 fully saturated rings. The number of nitrogens with zero attached hydrogens (tertiary/aromatic N) is 1. The first-order valence-corrected chi connectivity index (χ1v) is 8.62. The molecular formula is C18H16BrN3O3. The first kappa shape index (κ1) is 17.2. The van der Waals surface area contributed by atoms with Crippen molar-refractivity contribution in [1.29, 1.82) is 0 Å². The lowest BCUT2D eigenvalue weighted by Gasteiger charge is -2.08. The van der Waals surface area contributed by atoms with Gasteiger partial charge in [0.25, 0.3) is 5.56 Å². The van der Waals surface area contributed by atoms with Crippen LogP contribution in [0.5, 0.6) is 0 Å². The molecule has 0 aliphatic carbocycles. The lowest BCUT2D eigenvalue weighted by atomic mass is 10.2. The van der Waals surface area contributed by atoms with Crippen molar-refractivity contribution in [3.8, 4) is 0 Å². The number of aromatic nitrogens is 2. The van der Waals surface area contributed by atoms with Gasteiger partial charge in [0.05, 0.1) is 16.6 Å². The third-order valence-electron chi connectivity index (χ3n) is 3.82. The van der Waals surface area contributed by atoms with Gasteiger partial charge >= 0.3 is 5.69 Å². The molecule has 2 aromatic carbocycles. The molecule has 0 saturated carbocycles. The van der Waals surface area contributed by atoms with Crippen LogP contribution < -0.4 is 16.6 Å². The average molecular weight is 402 g/mol. The first-order chi connectivity index (χ1) is 12.1. The van der Waals surface area contributed by atoms with E-state index in [0.29, 0.717) is 23.0 Å². The van der Waals surface area contributed by atoms with Crippen LogP contribution in [0.1, 0.15) is 12.8 Å². The van der Waals surface area contributed by atoms with Crippen LogP contribution in [0.15, 0.2) is 62.6 Å². The highest BCUT2D eigenvalue weighted by atomic mass is 79.9. The number of H-pyrrole nitrogens is 1. The summed E-state index contributed by atoms with van der Waals surface area (Å²) in [5.74, 6) is -0.169. The van der Waals surface area contributed by atoms with Crippen LogP contribution in [0.3, 0.4) is 0 Å². The van der Waals surface area contributed by atoms with Gasteiger partial charge in [-0.25, -0.2) is 4.79 Å². The zero-order chi connectivity index (χ0) is 17.8. The summed E-state index contributed by atoms with van der Waals surface area (Å²) < 4.78 is 1.93. The Morgan fingerprint density at radius 2 is 1.80 bits per heavy atom. The lowest BCUT2D eigenvalue weighted by Crippen LogP contribution is -2.35. The molecule has 0 atom stereocenters. The Labute approximate surface area is 151 Å². The van der Waals surface area contributed by atoms with Gasteiger partial charge in [0.2, 0.25) is 5.91 Å². The van der Waals surface area contributed by atoms with E-state index in [2.05, 4.69) is 26.2 Å². The molecule has 1 aromatic heterocycles. The number of carbonyl (C=O) groups excluding carboxylic acids is 1. The molecule has 0 spiro atoms. The quantitative estimate of drug-likeness (QED) is 0.689. The predicted octanol–water partition coefficient (Wildman–Crippen LogP) is 2.87. The number of halogens is 1. The fourth-order valence-corrected chi connectivity index (χ4v) is 2.96. The molecule has 0 saturated heterocycles. The van der Waals surface area contributed by atoms with E-state index in [1.54, 1.807) is 30.3 Å². The minimum atomic E-state index is -0.463. The van der Waals surface area contributed by atoms with E-state index in [0.717, 1.165) is 9.04 Å². The summed E-state index contributed by atoms with van der Waals surface area (Å²) in [4.78, 5) is 39.2. The Bertz CT molecular complexity index is 1040. The minimum Gasteiger partial charge on any atom is -0.325 e. The second-order valence-electron chi connectivity index (χ2n) is 5.56. The van der Waals surface area contributed by atoms with E-state index >= 15 is 0 Å². The van der Waals surface area contributed by atoms with Crippen molar-refractivity contribution < 1.29 is 4.79 Å². The number of nitrogens with one attached hydrogen (secondary N) is 2. The number of amides is 1. The van der Waals surface area contributed by atoms with E-state index < -0.39 is 5.69 Å². The average Bonchev–Trinajstić information content (AvgIpc) is 2.60. The highest BCUT2D eigenvalue weighted by Gasteiger charge is 2.09. The summed E-state index contributed by atoms with van der Waals surface area (Å²) in [5, 5.41) is 3.25. The summed E-state index contributed by atoms with van der Waals surface area (Å²) in [6.45, 7) is 0.183. The minimum absolute atomic E-state index is 0.169. The molecule has 3 aromatic rings. The van der Waals surface area contributed by atoms with Gasteiger partial charge in [-0.1, -0.05) is 24.3 Å². The normalized spacial score (nSPS) is 10.8. The van der Waals surface area contributed by atoms with Crippen LogP contribution in [0.25, 0.3) is 10.9 Å². The van der Waals surface area contributed by atoms with E-state index in [9.17, 15) is 14.4 Å². The van der Waals surface area contributed by atoms with Crippen molar-refractivity contribution in [2.75, 3.05) is 5.32 Å². The van der Waals surface area contributed by atoms with Crippen molar-refractivity contribution in [2.24, 2.45) is 0 Å². The number of rotatable bonds is 5. The van der Waals surface area contributed by atoms with E-state index in [1.165, 1.54) is 0 Å². The highest BCUT2D eigenvalue weighted by molar-refractivity contribution is 9.10.